The molecule has 0 saturated carbocycles. The molecular formula is C19H20N4O2S. The van der Waals surface area contributed by atoms with Crippen molar-refractivity contribution in [3.05, 3.63) is 58.6 Å². The van der Waals surface area contributed by atoms with Gasteiger partial charge in [0.25, 0.3) is 0 Å². The lowest BCUT2D eigenvalue weighted by molar-refractivity contribution is -0.128. The molecule has 6 nitrogen and oxygen atoms in total. The van der Waals surface area contributed by atoms with Crippen molar-refractivity contribution >= 4 is 28.7 Å². The summed E-state index contributed by atoms with van der Waals surface area (Å²) in [5, 5.41) is 14.0. The predicted molar refractivity (Wildman–Crippen MR) is 103 cm³/mol. The predicted octanol–water partition coefficient (Wildman–Crippen LogP) is 3.87. The monoisotopic (exact) mass is 368 g/mol. The summed E-state index contributed by atoms with van der Waals surface area (Å²) in [6.45, 7) is 4.08. The Bertz CT molecular complexity index is 893. The van der Waals surface area contributed by atoms with E-state index in [1.807, 2.05) is 48.7 Å². The highest BCUT2D eigenvalue weighted by atomic mass is 32.1. The number of hydrogen-bond donors (Lipinski definition) is 3. The lowest BCUT2D eigenvalue weighted by Gasteiger charge is -2.14. The summed E-state index contributed by atoms with van der Waals surface area (Å²) in [6, 6.07) is 11.5. The Morgan fingerprint density at radius 3 is 2.58 bits per heavy atom. The molecule has 0 radical (unpaired) electrons. The minimum Gasteiger partial charge on any atom is -0.340 e. The lowest BCUT2D eigenvalue weighted by Crippen LogP contribution is -2.20. The van der Waals surface area contributed by atoms with E-state index in [0.29, 0.717) is 5.82 Å². The summed E-state index contributed by atoms with van der Waals surface area (Å²) in [4.78, 5) is 21.6. The summed E-state index contributed by atoms with van der Waals surface area (Å²) in [5.74, 6) is 1.07. The van der Waals surface area contributed by atoms with Crippen LogP contribution in [0.3, 0.4) is 0 Å². The average Bonchev–Trinajstić information content (AvgIpc) is 3.18. The molecule has 3 N–H and O–H groups in total. The van der Waals surface area contributed by atoms with Gasteiger partial charge < -0.3 is 5.32 Å². The smallest absolute Gasteiger partial charge is 0.247 e. The van der Waals surface area contributed by atoms with E-state index < -0.39 is 5.91 Å². The maximum Gasteiger partial charge on any atom is 0.247 e. The second-order valence-corrected chi connectivity index (χ2v) is 6.77. The van der Waals surface area contributed by atoms with Gasteiger partial charge in [-0.05, 0) is 42.5 Å². The molecule has 1 amide bonds. The Labute approximate surface area is 155 Å². The summed E-state index contributed by atoms with van der Waals surface area (Å²) >= 11 is 1.61. The zero-order valence-electron chi connectivity index (χ0n) is 14.6. The Hall–Kier alpha value is -2.77. The zero-order chi connectivity index (χ0) is 18.5. The van der Waals surface area contributed by atoms with Gasteiger partial charge in [0.1, 0.15) is 5.82 Å². The van der Waals surface area contributed by atoms with E-state index in [2.05, 4.69) is 17.2 Å². The molecule has 0 fully saturated rings. The molecule has 26 heavy (non-hydrogen) atoms. The van der Waals surface area contributed by atoms with E-state index in [0.717, 1.165) is 39.6 Å². The van der Waals surface area contributed by atoms with Crippen LogP contribution < -0.4 is 10.8 Å². The number of carbonyl (C=O) groups is 1. The van der Waals surface area contributed by atoms with Crippen LogP contribution in [0.15, 0.2) is 41.8 Å². The Morgan fingerprint density at radius 1 is 1.19 bits per heavy atom. The molecule has 0 saturated heterocycles. The van der Waals surface area contributed by atoms with E-state index in [1.165, 1.54) is 0 Å². The van der Waals surface area contributed by atoms with Crippen molar-refractivity contribution in [1.82, 2.24) is 15.4 Å². The van der Waals surface area contributed by atoms with Gasteiger partial charge in [-0.1, -0.05) is 25.1 Å². The normalized spacial score (nSPS) is 10.6. The Morgan fingerprint density at radius 2 is 1.96 bits per heavy atom. The number of nitrogens with one attached hydrogen (secondary N) is 2. The summed E-state index contributed by atoms with van der Waals surface area (Å²) in [7, 11) is 0. The van der Waals surface area contributed by atoms with Gasteiger partial charge in [0.2, 0.25) is 5.91 Å². The molecule has 0 aliphatic rings. The molecule has 0 spiro atoms. The van der Waals surface area contributed by atoms with Gasteiger partial charge in [0.05, 0.1) is 11.3 Å². The van der Waals surface area contributed by atoms with E-state index in [9.17, 15) is 4.79 Å². The second kappa shape index (κ2) is 8.07. The van der Waals surface area contributed by atoms with E-state index in [4.69, 9.17) is 10.2 Å². The van der Waals surface area contributed by atoms with Crippen molar-refractivity contribution in [1.29, 1.82) is 0 Å². The number of rotatable bonds is 6. The highest BCUT2D eigenvalue weighted by molar-refractivity contribution is 7.13. The lowest BCUT2D eigenvalue weighted by atomic mass is 10.1. The maximum absolute atomic E-state index is 11.2. The summed E-state index contributed by atoms with van der Waals surface area (Å²) in [6.07, 6.45) is 0.958. The van der Waals surface area contributed by atoms with Gasteiger partial charge >= 0.3 is 0 Å². The summed E-state index contributed by atoms with van der Waals surface area (Å²) in [5.41, 5.74) is 5.37. The number of thiophene rings is 1. The van der Waals surface area contributed by atoms with Gasteiger partial charge in [-0.15, -0.1) is 11.3 Å². The van der Waals surface area contributed by atoms with Crippen molar-refractivity contribution in [3.8, 4) is 10.7 Å². The SMILES string of the molecule is CCc1c(C)nc(-c2cccs2)nc1Nc1ccc(CC(=O)NO)cc1. The van der Waals surface area contributed by atoms with Gasteiger partial charge in [0.15, 0.2) is 5.82 Å². The van der Waals surface area contributed by atoms with E-state index >= 15 is 0 Å². The van der Waals surface area contributed by atoms with Crippen LogP contribution in [-0.4, -0.2) is 21.1 Å². The molecule has 134 valence electrons. The standard InChI is InChI=1S/C19H20N4O2S/c1-3-15-12(2)20-19(16-5-4-10-26-16)22-18(15)21-14-8-6-13(7-9-14)11-17(24)23-25/h4-10,25H,3,11H2,1-2H3,(H,23,24)(H,20,21,22). The van der Waals surface area contributed by atoms with E-state index in [-0.39, 0.29) is 6.42 Å². The molecule has 1 aromatic carbocycles. The molecule has 7 heteroatoms. The third kappa shape index (κ3) is 4.07. The van der Waals surface area contributed by atoms with Gasteiger partial charge in [-0.3, -0.25) is 10.0 Å². The highest BCUT2D eigenvalue weighted by Gasteiger charge is 2.13. The molecule has 2 aromatic heterocycles. The first-order valence-corrected chi connectivity index (χ1v) is 9.19. The van der Waals surface area contributed by atoms with Crippen molar-refractivity contribution < 1.29 is 10.0 Å². The fraction of sp³-hybridized carbons (Fsp3) is 0.211. The van der Waals surface area contributed by atoms with Gasteiger partial charge in [0, 0.05) is 16.9 Å². The number of amides is 1. The number of nitrogens with zero attached hydrogens (tertiary/aromatic N) is 2. The molecule has 0 aliphatic heterocycles. The van der Waals surface area contributed by atoms with Crippen LogP contribution in [0.4, 0.5) is 11.5 Å². The first-order chi connectivity index (χ1) is 12.6. The van der Waals surface area contributed by atoms with Gasteiger partial charge in [-0.25, -0.2) is 15.4 Å². The highest BCUT2D eigenvalue weighted by Crippen LogP contribution is 2.27. The fourth-order valence-corrected chi connectivity index (χ4v) is 3.36. The molecule has 2 heterocycles. The number of hydroxylamine groups is 1. The summed E-state index contributed by atoms with van der Waals surface area (Å²) < 4.78 is 0. The van der Waals surface area contributed by atoms with Crippen LogP contribution in [0.5, 0.6) is 0 Å². The van der Waals surface area contributed by atoms with Crippen molar-refractivity contribution in [2.24, 2.45) is 0 Å². The number of carbonyl (C=O) groups excluding carboxylic acids is 1. The van der Waals surface area contributed by atoms with Crippen LogP contribution in [0.25, 0.3) is 10.7 Å². The number of aryl methyl sites for hydroxylation is 1. The number of hydrogen-bond acceptors (Lipinski definition) is 6. The largest absolute Gasteiger partial charge is 0.340 e. The number of aromatic nitrogens is 2. The first-order valence-electron chi connectivity index (χ1n) is 8.31. The van der Waals surface area contributed by atoms with Crippen molar-refractivity contribution in [2.75, 3.05) is 5.32 Å². The Balaban J connectivity index is 1.87. The average molecular weight is 368 g/mol. The minimum absolute atomic E-state index is 0.131. The quantitative estimate of drug-likeness (QED) is 0.454. The maximum atomic E-state index is 11.2. The Kier molecular flexibility index (Phi) is 5.60. The first kappa shape index (κ1) is 18.0. The molecule has 3 aromatic rings. The van der Waals surface area contributed by atoms with Gasteiger partial charge in [-0.2, -0.15) is 0 Å². The number of benzene rings is 1. The zero-order valence-corrected chi connectivity index (χ0v) is 15.4. The van der Waals surface area contributed by atoms with Crippen molar-refractivity contribution in [2.45, 2.75) is 26.7 Å². The fourth-order valence-electron chi connectivity index (χ4n) is 2.71. The van der Waals surface area contributed by atoms with Crippen LogP contribution in [0.2, 0.25) is 0 Å². The third-order valence-corrected chi connectivity index (χ3v) is 4.88. The van der Waals surface area contributed by atoms with Crippen LogP contribution in [0, 0.1) is 6.92 Å². The second-order valence-electron chi connectivity index (χ2n) is 5.82. The van der Waals surface area contributed by atoms with Crippen LogP contribution in [0.1, 0.15) is 23.7 Å². The molecular weight excluding hydrogens is 348 g/mol. The molecule has 0 atom stereocenters. The molecule has 0 unspecified atom stereocenters. The topological polar surface area (TPSA) is 87.1 Å². The molecule has 3 rings (SSSR count). The van der Waals surface area contributed by atoms with E-state index in [1.54, 1.807) is 16.8 Å². The number of anilines is 2. The van der Waals surface area contributed by atoms with Crippen LogP contribution >= 0.6 is 11.3 Å². The molecule has 0 bridgehead atoms. The third-order valence-electron chi connectivity index (χ3n) is 4.02. The van der Waals surface area contributed by atoms with Crippen LogP contribution in [-0.2, 0) is 17.6 Å². The molecule has 0 aliphatic carbocycles. The minimum atomic E-state index is -0.439. The van der Waals surface area contributed by atoms with Crippen molar-refractivity contribution in [3.63, 3.8) is 0 Å².